The van der Waals surface area contributed by atoms with Gasteiger partial charge in [-0.1, -0.05) is 23.4 Å². The number of carboxylic acids is 1. The third-order valence-electron chi connectivity index (χ3n) is 6.46. The normalized spacial score (nSPS) is 15.9. The van der Waals surface area contributed by atoms with Crippen LogP contribution in [0, 0.1) is 0 Å². The van der Waals surface area contributed by atoms with Gasteiger partial charge in [0, 0.05) is 48.6 Å². The number of carboxylic acid groups (broad SMARTS) is 1. The Balaban J connectivity index is 1.48. The van der Waals surface area contributed by atoms with Crippen molar-refractivity contribution in [2.24, 2.45) is 0 Å². The number of carbonyl (C=O) groups is 1. The molecule has 8 nitrogen and oxygen atoms in total. The number of benzene rings is 2. The zero-order valence-corrected chi connectivity index (χ0v) is 20.5. The van der Waals surface area contributed by atoms with Gasteiger partial charge in [0.2, 0.25) is 5.82 Å². The van der Waals surface area contributed by atoms with E-state index in [9.17, 15) is 4.79 Å². The molecule has 4 rings (SSSR count). The maximum atomic E-state index is 10.6. The summed E-state index contributed by atoms with van der Waals surface area (Å²) in [7, 11) is 1.72. The van der Waals surface area contributed by atoms with E-state index in [1.807, 2.05) is 30.3 Å². The van der Waals surface area contributed by atoms with Crippen molar-refractivity contribution in [2.75, 3.05) is 31.6 Å². The summed E-state index contributed by atoms with van der Waals surface area (Å²) in [4.78, 5) is 17.8. The molecule has 0 bridgehead atoms. The van der Waals surface area contributed by atoms with Crippen molar-refractivity contribution in [2.45, 2.75) is 51.7 Å². The van der Waals surface area contributed by atoms with Crippen LogP contribution in [-0.4, -0.2) is 54.0 Å². The van der Waals surface area contributed by atoms with Gasteiger partial charge in [0.25, 0.3) is 5.89 Å². The number of methoxy groups -OCH3 is 1. The molecule has 0 amide bonds. The second kappa shape index (κ2) is 12.0. The summed E-state index contributed by atoms with van der Waals surface area (Å²) >= 11 is 0. The monoisotopic (exact) mass is 478 g/mol. The fourth-order valence-corrected chi connectivity index (χ4v) is 4.60. The molecule has 2 heterocycles. The van der Waals surface area contributed by atoms with Crippen molar-refractivity contribution >= 4 is 11.7 Å². The third kappa shape index (κ3) is 6.46. The van der Waals surface area contributed by atoms with Gasteiger partial charge in [-0.2, -0.15) is 4.98 Å². The number of aromatic nitrogens is 2. The quantitative estimate of drug-likeness (QED) is 0.388. The Labute approximate surface area is 206 Å². The third-order valence-corrected chi connectivity index (χ3v) is 6.46. The standard InChI is InChI=1S/C27H34N4O4/c1-19-6-3-4-15-31(19)24-10-9-22(17-23(24)18-34-2)27-29-26(30-35-27)21-8-5-7-20(16-21)11-13-28-14-12-25(32)33/h5,7-10,16-17,19,28H,3-4,6,11-15,18H2,1-2H3,(H,32,33). The lowest BCUT2D eigenvalue weighted by molar-refractivity contribution is -0.136. The van der Waals surface area contributed by atoms with Gasteiger partial charge in [-0.15, -0.1) is 0 Å². The number of ether oxygens (including phenoxy) is 1. The number of rotatable bonds is 11. The Morgan fingerprint density at radius 3 is 2.89 bits per heavy atom. The molecule has 1 aromatic heterocycles. The molecule has 1 aliphatic rings. The number of nitrogens with one attached hydrogen (secondary N) is 1. The van der Waals surface area contributed by atoms with E-state index in [1.165, 1.54) is 24.9 Å². The lowest BCUT2D eigenvalue weighted by atomic mass is 10.00. The second-order valence-electron chi connectivity index (χ2n) is 9.08. The van der Waals surface area contributed by atoms with E-state index in [4.69, 9.17) is 14.4 Å². The van der Waals surface area contributed by atoms with Crippen LogP contribution in [0.1, 0.15) is 43.7 Å². The predicted octanol–water partition coefficient (Wildman–Crippen LogP) is 4.54. The van der Waals surface area contributed by atoms with Crippen molar-refractivity contribution in [3.05, 3.63) is 53.6 Å². The van der Waals surface area contributed by atoms with E-state index in [0.29, 0.717) is 37.5 Å². The summed E-state index contributed by atoms with van der Waals surface area (Å²) in [5.41, 5.74) is 5.23. The number of anilines is 1. The number of aliphatic carboxylic acids is 1. The van der Waals surface area contributed by atoms with Gasteiger partial charge in [-0.05, 0) is 69.0 Å². The Kier molecular flexibility index (Phi) is 8.50. The fourth-order valence-electron chi connectivity index (χ4n) is 4.60. The van der Waals surface area contributed by atoms with Crippen LogP contribution in [0.25, 0.3) is 22.8 Å². The van der Waals surface area contributed by atoms with Crippen LogP contribution >= 0.6 is 0 Å². The molecule has 0 aliphatic carbocycles. The number of hydrogen-bond acceptors (Lipinski definition) is 7. The molecule has 1 unspecified atom stereocenters. The van der Waals surface area contributed by atoms with Crippen LogP contribution in [0.2, 0.25) is 0 Å². The summed E-state index contributed by atoms with van der Waals surface area (Å²) in [6.07, 6.45) is 4.61. The molecule has 8 heteroatoms. The lowest BCUT2D eigenvalue weighted by Crippen LogP contribution is -2.38. The number of piperidine rings is 1. The molecular formula is C27H34N4O4. The SMILES string of the molecule is COCc1cc(-c2nc(-c3cccc(CCNCCC(=O)O)c3)no2)ccc1N1CCCCC1C. The Bertz CT molecular complexity index is 1130. The van der Waals surface area contributed by atoms with Crippen LogP contribution < -0.4 is 10.2 Å². The van der Waals surface area contributed by atoms with Crippen LogP contribution in [0.3, 0.4) is 0 Å². The van der Waals surface area contributed by atoms with Crippen molar-refractivity contribution < 1.29 is 19.2 Å². The fraction of sp³-hybridized carbons (Fsp3) is 0.444. The minimum absolute atomic E-state index is 0.121. The summed E-state index contributed by atoms with van der Waals surface area (Å²) in [5, 5.41) is 16.1. The van der Waals surface area contributed by atoms with Gasteiger partial charge in [0.1, 0.15) is 0 Å². The van der Waals surface area contributed by atoms with Crippen molar-refractivity contribution in [1.82, 2.24) is 15.5 Å². The Morgan fingerprint density at radius 1 is 1.20 bits per heavy atom. The highest BCUT2D eigenvalue weighted by atomic mass is 16.5. The topological polar surface area (TPSA) is 101 Å². The maximum absolute atomic E-state index is 10.6. The van der Waals surface area contributed by atoms with Crippen molar-refractivity contribution in [1.29, 1.82) is 0 Å². The zero-order valence-electron chi connectivity index (χ0n) is 20.5. The highest BCUT2D eigenvalue weighted by molar-refractivity contribution is 5.67. The summed E-state index contributed by atoms with van der Waals surface area (Å²) < 4.78 is 11.1. The Hall–Kier alpha value is -3.23. The first kappa shape index (κ1) is 24.9. The van der Waals surface area contributed by atoms with E-state index < -0.39 is 5.97 Å². The number of hydrogen-bond donors (Lipinski definition) is 2. The molecule has 35 heavy (non-hydrogen) atoms. The highest BCUT2D eigenvalue weighted by Gasteiger charge is 2.22. The molecule has 186 valence electrons. The zero-order chi connectivity index (χ0) is 24.6. The first-order valence-electron chi connectivity index (χ1n) is 12.3. The molecule has 1 fully saturated rings. The molecule has 3 aromatic rings. The molecular weight excluding hydrogens is 444 g/mol. The predicted molar refractivity (Wildman–Crippen MR) is 135 cm³/mol. The minimum Gasteiger partial charge on any atom is -0.481 e. The van der Waals surface area contributed by atoms with Crippen molar-refractivity contribution in [3.8, 4) is 22.8 Å². The van der Waals surface area contributed by atoms with Crippen molar-refractivity contribution in [3.63, 3.8) is 0 Å². The molecule has 1 saturated heterocycles. The van der Waals surface area contributed by atoms with E-state index in [1.54, 1.807) is 7.11 Å². The first-order valence-corrected chi connectivity index (χ1v) is 12.3. The molecule has 0 radical (unpaired) electrons. The van der Waals surface area contributed by atoms with Gasteiger partial charge < -0.3 is 24.6 Å². The summed E-state index contributed by atoms with van der Waals surface area (Å²) in [6, 6.07) is 14.8. The van der Waals surface area contributed by atoms with Crippen LogP contribution in [0.15, 0.2) is 47.0 Å². The second-order valence-corrected chi connectivity index (χ2v) is 9.08. The molecule has 0 saturated carbocycles. The minimum atomic E-state index is -0.794. The van der Waals surface area contributed by atoms with Gasteiger partial charge >= 0.3 is 5.97 Å². The molecule has 0 spiro atoms. The number of nitrogens with zero attached hydrogens (tertiary/aromatic N) is 3. The summed E-state index contributed by atoms with van der Waals surface area (Å²) in [5.74, 6) is 0.233. The molecule has 1 aliphatic heterocycles. The van der Waals surface area contributed by atoms with E-state index >= 15 is 0 Å². The highest BCUT2D eigenvalue weighted by Crippen LogP contribution is 2.32. The van der Waals surface area contributed by atoms with Gasteiger partial charge in [0.05, 0.1) is 13.0 Å². The largest absolute Gasteiger partial charge is 0.481 e. The molecule has 1 atom stereocenters. The molecule has 2 aromatic carbocycles. The maximum Gasteiger partial charge on any atom is 0.304 e. The Morgan fingerprint density at radius 2 is 2.09 bits per heavy atom. The van der Waals surface area contributed by atoms with E-state index in [-0.39, 0.29) is 6.42 Å². The smallest absolute Gasteiger partial charge is 0.304 e. The van der Waals surface area contributed by atoms with Gasteiger partial charge in [0.15, 0.2) is 0 Å². The first-order chi connectivity index (χ1) is 17.0. The molecule has 2 N–H and O–H groups in total. The average molecular weight is 479 g/mol. The lowest BCUT2D eigenvalue weighted by Gasteiger charge is -2.36. The van der Waals surface area contributed by atoms with Crippen LogP contribution in [-0.2, 0) is 22.6 Å². The summed E-state index contributed by atoms with van der Waals surface area (Å²) in [6.45, 7) is 5.04. The van der Waals surface area contributed by atoms with Gasteiger partial charge in [-0.3, -0.25) is 4.79 Å². The van der Waals surface area contributed by atoms with E-state index in [2.05, 4.69) is 39.4 Å². The van der Waals surface area contributed by atoms with E-state index in [0.717, 1.165) is 35.2 Å². The van der Waals surface area contributed by atoms with Crippen LogP contribution in [0.5, 0.6) is 0 Å². The van der Waals surface area contributed by atoms with Crippen LogP contribution in [0.4, 0.5) is 5.69 Å². The van der Waals surface area contributed by atoms with Gasteiger partial charge in [-0.25, -0.2) is 0 Å². The average Bonchev–Trinajstić information content (AvgIpc) is 3.35.